The number of anilines is 2. The Hall–Kier alpha value is -3.07. The summed E-state index contributed by atoms with van der Waals surface area (Å²) in [7, 11) is 0. The number of fused-ring (bicyclic) bond motifs is 3. The second-order valence-corrected chi connectivity index (χ2v) is 5.40. The van der Waals surface area contributed by atoms with E-state index in [9.17, 15) is 0 Å². The van der Waals surface area contributed by atoms with Crippen molar-refractivity contribution in [3.05, 3.63) is 66.7 Å². The predicted molar refractivity (Wildman–Crippen MR) is 93.5 cm³/mol. The second kappa shape index (κ2) is 4.74. The molecule has 4 rings (SSSR count). The van der Waals surface area contributed by atoms with Crippen LogP contribution in [0.2, 0.25) is 0 Å². The van der Waals surface area contributed by atoms with Gasteiger partial charge in [0.05, 0.1) is 11.2 Å². The Morgan fingerprint density at radius 2 is 1.32 bits per heavy atom. The van der Waals surface area contributed by atoms with Gasteiger partial charge in [0.2, 0.25) is 0 Å². The Morgan fingerprint density at radius 1 is 0.636 bits per heavy atom. The number of rotatable bonds is 1. The van der Waals surface area contributed by atoms with Gasteiger partial charge in [-0.3, -0.25) is 0 Å². The molecule has 0 radical (unpaired) electrons. The Balaban J connectivity index is 2.13. The van der Waals surface area contributed by atoms with E-state index in [1.165, 1.54) is 0 Å². The van der Waals surface area contributed by atoms with Crippen LogP contribution in [-0.4, -0.2) is 4.98 Å². The smallest absolute Gasteiger partial charge is 0.0788 e. The van der Waals surface area contributed by atoms with Crippen LogP contribution in [0.5, 0.6) is 0 Å². The first-order valence-electron chi connectivity index (χ1n) is 7.16. The SMILES string of the molecule is Nc1ccc(-c2nc3ccc(N)cc3c3ccccc23)cc1. The lowest BCUT2D eigenvalue weighted by molar-refractivity contribution is 1.43. The van der Waals surface area contributed by atoms with Crippen molar-refractivity contribution in [1.29, 1.82) is 0 Å². The largest absolute Gasteiger partial charge is 0.399 e. The zero-order chi connectivity index (χ0) is 15.1. The number of nitrogen functional groups attached to an aromatic ring is 2. The molecule has 0 spiro atoms. The number of hydrogen-bond donors (Lipinski definition) is 2. The Labute approximate surface area is 128 Å². The van der Waals surface area contributed by atoms with Crippen LogP contribution >= 0.6 is 0 Å². The number of nitrogens with two attached hydrogens (primary N) is 2. The normalized spacial score (nSPS) is 11.1. The molecule has 0 bridgehead atoms. The summed E-state index contributed by atoms with van der Waals surface area (Å²) in [5.74, 6) is 0. The summed E-state index contributed by atoms with van der Waals surface area (Å²) in [6.45, 7) is 0. The summed E-state index contributed by atoms with van der Waals surface area (Å²) >= 11 is 0. The summed E-state index contributed by atoms with van der Waals surface area (Å²) in [4.78, 5) is 4.85. The third-order valence-electron chi connectivity index (χ3n) is 3.91. The summed E-state index contributed by atoms with van der Waals surface area (Å²) in [5, 5.41) is 3.35. The van der Waals surface area contributed by atoms with E-state index in [-0.39, 0.29) is 0 Å². The Bertz CT molecular complexity index is 989. The fraction of sp³-hybridized carbons (Fsp3) is 0. The van der Waals surface area contributed by atoms with Gasteiger partial charge in [0, 0.05) is 27.7 Å². The van der Waals surface area contributed by atoms with E-state index >= 15 is 0 Å². The van der Waals surface area contributed by atoms with E-state index in [1.807, 2.05) is 54.6 Å². The molecule has 0 aliphatic heterocycles. The van der Waals surface area contributed by atoms with Crippen molar-refractivity contribution in [2.24, 2.45) is 0 Å². The van der Waals surface area contributed by atoms with Crippen molar-refractivity contribution >= 4 is 33.1 Å². The number of hydrogen-bond acceptors (Lipinski definition) is 3. The first-order chi connectivity index (χ1) is 10.7. The maximum Gasteiger partial charge on any atom is 0.0788 e. The first-order valence-corrected chi connectivity index (χ1v) is 7.16. The molecule has 0 atom stereocenters. The lowest BCUT2D eigenvalue weighted by Gasteiger charge is -2.10. The molecule has 4 N–H and O–H groups in total. The molecule has 3 aromatic carbocycles. The fourth-order valence-corrected chi connectivity index (χ4v) is 2.83. The summed E-state index contributed by atoms with van der Waals surface area (Å²) < 4.78 is 0. The molecular weight excluding hydrogens is 270 g/mol. The van der Waals surface area contributed by atoms with Crippen molar-refractivity contribution in [2.45, 2.75) is 0 Å². The molecule has 1 heterocycles. The van der Waals surface area contributed by atoms with Crippen LogP contribution in [-0.2, 0) is 0 Å². The van der Waals surface area contributed by atoms with Crippen molar-refractivity contribution in [1.82, 2.24) is 4.98 Å². The Morgan fingerprint density at radius 3 is 2.09 bits per heavy atom. The highest BCUT2D eigenvalue weighted by molar-refractivity contribution is 6.11. The molecule has 3 heteroatoms. The van der Waals surface area contributed by atoms with Gasteiger partial charge in [-0.25, -0.2) is 4.98 Å². The summed E-state index contributed by atoms with van der Waals surface area (Å²) in [6, 6.07) is 21.9. The van der Waals surface area contributed by atoms with E-state index in [0.717, 1.165) is 44.3 Å². The lowest BCUT2D eigenvalue weighted by atomic mass is 9.99. The highest BCUT2D eigenvalue weighted by Gasteiger charge is 2.10. The van der Waals surface area contributed by atoms with Gasteiger partial charge in [0.1, 0.15) is 0 Å². The second-order valence-electron chi connectivity index (χ2n) is 5.40. The molecule has 0 fully saturated rings. The van der Waals surface area contributed by atoms with Gasteiger partial charge in [0.15, 0.2) is 0 Å². The quantitative estimate of drug-likeness (QED) is 0.406. The molecule has 106 valence electrons. The zero-order valence-electron chi connectivity index (χ0n) is 12.0. The molecule has 22 heavy (non-hydrogen) atoms. The number of aromatic nitrogens is 1. The summed E-state index contributed by atoms with van der Waals surface area (Å²) in [5.41, 5.74) is 16.2. The van der Waals surface area contributed by atoms with Crippen molar-refractivity contribution in [3.63, 3.8) is 0 Å². The van der Waals surface area contributed by atoms with Crippen LogP contribution in [0, 0.1) is 0 Å². The highest BCUT2D eigenvalue weighted by Crippen LogP contribution is 2.33. The van der Waals surface area contributed by atoms with Gasteiger partial charge in [-0.1, -0.05) is 36.4 Å². The van der Waals surface area contributed by atoms with Crippen LogP contribution < -0.4 is 11.5 Å². The van der Waals surface area contributed by atoms with Gasteiger partial charge in [-0.2, -0.15) is 0 Å². The molecule has 3 nitrogen and oxygen atoms in total. The van der Waals surface area contributed by atoms with Gasteiger partial charge in [-0.05, 0) is 35.7 Å². The maximum absolute atomic E-state index is 5.94. The topological polar surface area (TPSA) is 64.9 Å². The van der Waals surface area contributed by atoms with E-state index in [1.54, 1.807) is 0 Å². The third-order valence-corrected chi connectivity index (χ3v) is 3.91. The fourth-order valence-electron chi connectivity index (χ4n) is 2.83. The average molecular weight is 285 g/mol. The van der Waals surface area contributed by atoms with Gasteiger partial charge < -0.3 is 11.5 Å². The molecule has 0 aliphatic rings. The zero-order valence-corrected chi connectivity index (χ0v) is 12.0. The van der Waals surface area contributed by atoms with E-state index in [2.05, 4.69) is 12.1 Å². The third kappa shape index (κ3) is 1.95. The molecular formula is C19H15N3. The molecule has 4 aromatic rings. The predicted octanol–water partition coefficient (Wildman–Crippen LogP) is 4.22. The minimum Gasteiger partial charge on any atom is -0.399 e. The van der Waals surface area contributed by atoms with E-state index < -0.39 is 0 Å². The van der Waals surface area contributed by atoms with Crippen LogP contribution in [0.25, 0.3) is 32.9 Å². The number of pyridine rings is 1. The number of nitrogens with zero attached hydrogens (tertiary/aromatic N) is 1. The van der Waals surface area contributed by atoms with E-state index in [4.69, 9.17) is 16.5 Å². The van der Waals surface area contributed by atoms with Crippen molar-refractivity contribution < 1.29 is 0 Å². The maximum atomic E-state index is 5.94. The molecule has 0 aliphatic carbocycles. The van der Waals surface area contributed by atoms with Crippen LogP contribution in [0.15, 0.2) is 66.7 Å². The average Bonchev–Trinajstić information content (AvgIpc) is 2.55. The van der Waals surface area contributed by atoms with Gasteiger partial charge in [-0.15, -0.1) is 0 Å². The monoisotopic (exact) mass is 285 g/mol. The lowest BCUT2D eigenvalue weighted by Crippen LogP contribution is -1.92. The minimum absolute atomic E-state index is 0.750. The Kier molecular flexibility index (Phi) is 2.73. The van der Waals surface area contributed by atoms with Crippen molar-refractivity contribution in [2.75, 3.05) is 11.5 Å². The van der Waals surface area contributed by atoms with Crippen LogP contribution in [0.4, 0.5) is 11.4 Å². The van der Waals surface area contributed by atoms with Gasteiger partial charge >= 0.3 is 0 Å². The molecule has 0 saturated carbocycles. The molecule has 0 saturated heterocycles. The first kappa shape index (κ1) is 12.7. The van der Waals surface area contributed by atoms with Crippen LogP contribution in [0.3, 0.4) is 0 Å². The molecule has 1 aromatic heterocycles. The molecule has 0 amide bonds. The summed E-state index contributed by atoms with van der Waals surface area (Å²) in [6.07, 6.45) is 0. The standard InChI is InChI=1S/C19H15N3/c20-13-7-5-12(6-8-13)19-16-4-2-1-3-15(16)17-11-14(21)9-10-18(17)22-19/h1-11H,20-21H2. The highest BCUT2D eigenvalue weighted by atomic mass is 14.7. The number of benzene rings is 3. The minimum atomic E-state index is 0.750. The van der Waals surface area contributed by atoms with E-state index in [0.29, 0.717) is 0 Å². The van der Waals surface area contributed by atoms with Crippen LogP contribution in [0.1, 0.15) is 0 Å². The van der Waals surface area contributed by atoms with Gasteiger partial charge in [0.25, 0.3) is 0 Å². The molecule has 0 unspecified atom stereocenters. The van der Waals surface area contributed by atoms with Crippen molar-refractivity contribution in [3.8, 4) is 11.3 Å².